The van der Waals surface area contributed by atoms with E-state index in [9.17, 15) is 4.79 Å². The number of ether oxygens (including phenoxy) is 1. The Bertz CT molecular complexity index is 424. The van der Waals surface area contributed by atoms with Crippen LogP contribution in [-0.2, 0) is 22.5 Å². The van der Waals surface area contributed by atoms with Crippen molar-refractivity contribution in [1.29, 1.82) is 0 Å². The molecule has 0 radical (unpaired) electrons. The van der Waals surface area contributed by atoms with Crippen LogP contribution in [0.2, 0.25) is 0 Å². The number of aryl methyl sites for hydroxylation is 1. The molecule has 0 spiro atoms. The predicted octanol–water partition coefficient (Wildman–Crippen LogP) is 1.83. The summed E-state index contributed by atoms with van der Waals surface area (Å²) >= 11 is 0. The minimum absolute atomic E-state index is 0.310. The van der Waals surface area contributed by atoms with Crippen molar-refractivity contribution in [2.24, 2.45) is 5.41 Å². The van der Waals surface area contributed by atoms with Gasteiger partial charge < -0.3 is 15.2 Å². The molecule has 1 heterocycles. The molecule has 2 N–H and O–H groups in total. The van der Waals surface area contributed by atoms with Crippen molar-refractivity contribution >= 4 is 5.97 Å². The summed E-state index contributed by atoms with van der Waals surface area (Å²) < 4.78 is 5.02. The monoisotopic (exact) mass is 263 g/mol. The van der Waals surface area contributed by atoms with Crippen LogP contribution in [-0.4, -0.2) is 30.8 Å². The molecule has 1 aromatic carbocycles. The Morgan fingerprint density at radius 3 is 2.42 bits per heavy atom. The van der Waals surface area contributed by atoms with Crippen molar-refractivity contribution in [3.8, 4) is 0 Å². The maximum Gasteiger partial charge on any atom is 0.315 e. The number of rotatable bonds is 7. The topological polar surface area (TPSA) is 58.6 Å². The van der Waals surface area contributed by atoms with Crippen LogP contribution >= 0.6 is 0 Å². The molecule has 1 fully saturated rings. The third-order valence-electron chi connectivity index (χ3n) is 3.56. The van der Waals surface area contributed by atoms with E-state index in [0.29, 0.717) is 26.3 Å². The molecule has 0 aliphatic carbocycles. The summed E-state index contributed by atoms with van der Waals surface area (Å²) in [6.07, 6.45) is 2.26. The fourth-order valence-electron chi connectivity index (χ4n) is 2.21. The highest BCUT2D eigenvalue weighted by Gasteiger charge is 2.45. The third kappa shape index (κ3) is 3.33. The molecule has 0 amide bonds. The summed E-state index contributed by atoms with van der Waals surface area (Å²) in [7, 11) is 0. The van der Waals surface area contributed by atoms with E-state index in [2.05, 4.69) is 36.5 Å². The first-order valence-electron chi connectivity index (χ1n) is 6.76. The van der Waals surface area contributed by atoms with Gasteiger partial charge >= 0.3 is 5.97 Å². The average molecular weight is 263 g/mol. The molecule has 0 saturated carbocycles. The van der Waals surface area contributed by atoms with Gasteiger partial charge in [-0.3, -0.25) is 4.79 Å². The molecule has 4 nitrogen and oxygen atoms in total. The van der Waals surface area contributed by atoms with Crippen LogP contribution in [0.5, 0.6) is 0 Å². The van der Waals surface area contributed by atoms with Gasteiger partial charge in [0, 0.05) is 13.1 Å². The molecular weight excluding hydrogens is 242 g/mol. The second kappa shape index (κ2) is 6.17. The highest BCUT2D eigenvalue weighted by atomic mass is 16.5. The van der Waals surface area contributed by atoms with E-state index < -0.39 is 11.4 Å². The zero-order valence-electron chi connectivity index (χ0n) is 11.3. The summed E-state index contributed by atoms with van der Waals surface area (Å²) in [5.74, 6) is -0.774. The molecule has 104 valence electrons. The Kier molecular flexibility index (Phi) is 4.56. The summed E-state index contributed by atoms with van der Waals surface area (Å²) in [5.41, 5.74) is 1.81. The van der Waals surface area contributed by atoms with E-state index >= 15 is 0 Å². The van der Waals surface area contributed by atoms with Crippen LogP contribution < -0.4 is 5.32 Å². The van der Waals surface area contributed by atoms with E-state index in [1.807, 2.05) is 0 Å². The van der Waals surface area contributed by atoms with Gasteiger partial charge in [0.25, 0.3) is 0 Å². The summed E-state index contributed by atoms with van der Waals surface area (Å²) in [4.78, 5) is 11.1. The minimum Gasteiger partial charge on any atom is -0.481 e. The molecule has 1 aromatic rings. The molecule has 0 atom stereocenters. The van der Waals surface area contributed by atoms with Crippen molar-refractivity contribution in [3.63, 3.8) is 0 Å². The van der Waals surface area contributed by atoms with E-state index in [4.69, 9.17) is 9.84 Å². The van der Waals surface area contributed by atoms with Gasteiger partial charge in [0.2, 0.25) is 0 Å². The highest BCUT2D eigenvalue weighted by molar-refractivity contribution is 5.76. The number of benzene rings is 1. The molecule has 1 aliphatic rings. The molecule has 1 aliphatic heterocycles. The van der Waals surface area contributed by atoms with Gasteiger partial charge in [-0.2, -0.15) is 0 Å². The second-order valence-corrected chi connectivity index (χ2v) is 5.25. The number of carbonyl (C=O) groups is 1. The van der Waals surface area contributed by atoms with Gasteiger partial charge in [-0.05, 0) is 17.5 Å². The van der Waals surface area contributed by atoms with Gasteiger partial charge in [-0.1, -0.05) is 37.6 Å². The lowest BCUT2D eigenvalue weighted by molar-refractivity contribution is -0.178. The first kappa shape index (κ1) is 14.0. The summed E-state index contributed by atoms with van der Waals surface area (Å²) in [5, 5.41) is 12.4. The molecule has 0 unspecified atom stereocenters. The lowest BCUT2D eigenvalue weighted by Gasteiger charge is -2.37. The number of hydrogen-bond acceptors (Lipinski definition) is 3. The number of aliphatic carboxylic acids is 1. The van der Waals surface area contributed by atoms with Crippen LogP contribution in [0.15, 0.2) is 24.3 Å². The Morgan fingerprint density at radius 2 is 1.95 bits per heavy atom. The van der Waals surface area contributed by atoms with Crippen LogP contribution in [0.4, 0.5) is 0 Å². The number of carboxylic acid groups (broad SMARTS) is 1. The Labute approximate surface area is 113 Å². The molecule has 2 rings (SSSR count). The lowest BCUT2D eigenvalue weighted by atomic mass is 9.86. The SMILES string of the molecule is CCCc1ccc(CNCC2(C(=O)O)COC2)cc1. The van der Waals surface area contributed by atoms with E-state index in [-0.39, 0.29) is 0 Å². The Morgan fingerprint density at radius 1 is 1.32 bits per heavy atom. The fourth-order valence-corrected chi connectivity index (χ4v) is 2.21. The maximum atomic E-state index is 11.1. The predicted molar refractivity (Wildman–Crippen MR) is 73.0 cm³/mol. The first-order chi connectivity index (χ1) is 9.16. The van der Waals surface area contributed by atoms with Crippen LogP contribution in [0.25, 0.3) is 0 Å². The zero-order chi connectivity index (χ0) is 13.7. The van der Waals surface area contributed by atoms with E-state index in [1.54, 1.807) is 0 Å². The van der Waals surface area contributed by atoms with Gasteiger partial charge in [0.15, 0.2) is 0 Å². The van der Waals surface area contributed by atoms with Crippen LogP contribution in [0.3, 0.4) is 0 Å². The number of hydrogen-bond donors (Lipinski definition) is 2. The lowest BCUT2D eigenvalue weighted by Crippen LogP contribution is -2.55. The molecular formula is C15H21NO3. The standard InChI is InChI=1S/C15H21NO3/c1-2-3-12-4-6-13(7-5-12)8-16-9-15(14(17)18)10-19-11-15/h4-7,16H,2-3,8-11H2,1H3,(H,17,18). The number of carboxylic acids is 1. The van der Waals surface area contributed by atoms with Gasteiger partial charge in [-0.15, -0.1) is 0 Å². The van der Waals surface area contributed by atoms with E-state index in [0.717, 1.165) is 12.8 Å². The van der Waals surface area contributed by atoms with Gasteiger partial charge in [0.1, 0.15) is 5.41 Å². The zero-order valence-corrected chi connectivity index (χ0v) is 11.3. The average Bonchev–Trinajstić information content (AvgIpc) is 2.34. The molecule has 19 heavy (non-hydrogen) atoms. The molecule has 0 bridgehead atoms. The van der Waals surface area contributed by atoms with Gasteiger partial charge in [0.05, 0.1) is 13.2 Å². The van der Waals surface area contributed by atoms with Crippen molar-refractivity contribution in [2.45, 2.75) is 26.3 Å². The molecule has 1 saturated heterocycles. The van der Waals surface area contributed by atoms with Crippen molar-refractivity contribution in [1.82, 2.24) is 5.32 Å². The molecule has 0 aromatic heterocycles. The normalized spacial score (nSPS) is 16.9. The highest BCUT2D eigenvalue weighted by Crippen LogP contribution is 2.26. The van der Waals surface area contributed by atoms with Crippen molar-refractivity contribution < 1.29 is 14.6 Å². The van der Waals surface area contributed by atoms with Gasteiger partial charge in [-0.25, -0.2) is 0 Å². The summed E-state index contributed by atoms with van der Waals surface area (Å²) in [6.45, 7) is 3.94. The van der Waals surface area contributed by atoms with Crippen LogP contribution in [0.1, 0.15) is 24.5 Å². The van der Waals surface area contributed by atoms with Crippen molar-refractivity contribution in [3.05, 3.63) is 35.4 Å². The quantitative estimate of drug-likeness (QED) is 0.788. The second-order valence-electron chi connectivity index (χ2n) is 5.25. The Hall–Kier alpha value is -1.39. The third-order valence-corrected chi connectivity index (χ3v) is 3.56. The molecule has 4 heteroatoms. The number of nitrogens with one attached hydrogen (secondary N) is 1. The maximum absolute atomic E-state index is 11.1. The largest absolute Gasteiger partial charge is 0.481 e. The van der Waals surface area contributed by atoms with Crippen molar-refractivity contribution in [2.75, 3.05) is 19.8 Å². The smallest absolute Gasteiger partial charge is 0.315 e. The minimum atomic E-state index is -0.774. The van der Waals surface area contributed by atoms with Crippen LogP contribution in [0, 0.1) is 5.41 Å². The first-order valence-corrected chi connectivity index (χ1v) is 6.76. The van der Waals surface area contributed by atoms with E-state index in [1.165, 1.54) is 11.1 Å². The fraction of sp³-hybridized carbons (Fsp3) is 0.533. The summed E-state index contributed by atoms with van der Waals surface area (Å²) in [6, 6.07) is 8.48. The Balaban J connectivity index is 1.80.